The van der Waals surface area contributed by atoms with Gasteiger partial charge in [-0.15, -0.1) is 0 Å². The molecule has 0 saturated heterocycles. The third-order valence-corrected chi connectivity index (χ3v) is 2.13. The van der Waals surface area contributed by atoms with Crippen molar-refractivity contribution in [2.75, 3.05) is 19.7 Å². The van der Waals surface area contributed by atoms with Gasteiger partial charge in [-0.25, -0.2) is 0 Å². The number of alkyl halides is 2. The van der Waals surface area contributed by atoms with Crippen LogP contribution in [-0.2, 0) is 5.92 Å². The highest BCUT2D eigenvalue weighted by atomic mass is 19.3. The van der Waals surface area contributed by atoms with Crippen molar-refractivity contribution in [3.8, 4) is 0 Å². The number of nitrogens with one attached hydrogen (secondary N) is 1. The van der Waals surface area contributed by atoms with Crippen molar-refractivity contribution in [1.82, 2.24) is 5.32 Å². The van der Waals surface area contributed by atoms with E-state index in [0.717, 1.165) is 0 Å². The Morgan fingerprint density at radius 3 is 2.44 bits per heavy atom. The fraction of sp³-hybridized carbons (Fsp3) is 0.455. The molecule has 0 aliphatic rings. The monoisotopic (exact) mass is 231 g/mol. The third-order valence-electron chi connectivity index (χ3n) is 2.13. The predicted molar refractivity (Wildman–Crippen MR) is 56.3 cm³/mol. The first-order valence-electron chi connectivity index (χ1n) is 4.99. The van der Waals surface area contributed by atoms with E-state index in [-0.39, 0.29) is 12.1 Å². The van der Waals surface area contributed by atoms with Crippen LogP contribution in [0, 0.1) is 0 Å². The second-order valence-corrected chi connectivity index (χ2v) is 3.54. The van der Waals surface area contributed by atoms with Crippen LogP contribution in [0.15, 0.2) is 30.3 Å². The first-order chi connectivity index (χ1) is 7.56. The number of aliphatic hydroxyl groups is 2. The SMILES string of the molecule is OCC(O)CNCC(F)(F)c1ccccc1. The molecule has 5 heteroatoms. The smallest absolute Gasteiger partial charge is 0.285 e. The van der Waals surface area contributed by atoms with E-state index >= 15 is 0 Å². The van der Waals surface area contributed by atoms with Gasteiger partial charge >= 0.3 is 0 Å². The van der Waals surface area contributed by atoms with Crippen molar-refractivity contribution in [2.24, 2.45) is 0 Å². The lowest BCUT2D eigenvalue weighted by molar-refractivity contribution is -0.00725. The minimum Gasteiger partial charge on any atom is -0.394 e. The van der Waals surface area contributed by atoms with E-state index in [2.05, 4.69) is 5.32 Å². The topological polar surface area (TPSA) is 52.5 Å². The second-order valence-electron chi connectivity index (χ2n) is 3.54. The Morgan fingerprint density at radius 2 is 1.88 bits per heavy atom. The zero-order valence-corrected chi connectivity index (χ0v) is 8.74. The Labute approximate surface area is 92.7 Å². The zero-order valence-electron chi connectivity index (χ0n) is 8.74. The predicted octanol–water partition coefficient (Wildman–Crippen LogP) is 0.721. The molecule has 3 N–H and O–H groups in total. The van der Waals surface area contributed by atoms with Crippen molar-refractivity contribution in [3.63, 3.8) is 0 Å². The molecule has 0 aliphatic carbocycles. The zero-order chi connectivity index (χ0) is 12.0. The fourth-order valence-electron chi connectivity index (χ4n) is 1.24. The van der Waals surface area contributed by atoms with Crippen molar-refractivity contribution in [2.45, 2.75) is 12.0 Å². The van der Waals surface area contributed by atoms with Crippen LogP contribution in [0.25, 0.3) is 0 Å². The van der Waals surface area contributed by atoms with Crippen LogP contribution >= 0.6 is 0 Å². The Hall–Kier alpha value is -1.04. The molecule has 0 spiro atoms. The lowest BCUT2D eigenvalue weighted by atomic mass is 10.1. The highest BCUT2D eigenvalue weighted by Gasteiger charge is 2.30. The number of aliphatic hydroxyl groups excluding tert-OH is 2. The molecule has 16 heavy (non-hydrogen) atoms. The maximum absolute atomic E-state index is 13.5. The molecule has 0 aromatic heterocycles. The van der Waals surface area contributed by atoms with E-state index in [1.165, 1.54) is 12.1 Å². The summed E-state index contributed by atoms with van der Waals surface area (Å²) in [6.07, 6.45) is -1.01. The van der Waals surface area contributed by atoms with Gasteiger partial charge in [0.1, 0.15) is 0 Å². The van der Waals surface area contributed by atoms with Crippen molar-refractivity contribution < 1.29 is 19.0 Å². The van der Waals surface area contributed by atoms with E-state index in [9.17, 15) is 8.78 Å². The third kappa shape index (κ3) is 3.84. The van der Waals surface area contributed by atoms with Gasteiger partial charge in [-0.2, -0.15) is 8.78 Å². The molecule has 1 aromatic carbocycles. The number of hydrogen-bond acceptors (Lipinski definition) is 3. The van der Waals surface area contributed by atoms with E-state index in [4.69, 9.17) is 10.2 Å². The van der Waals surface area contributed by atoms with Gasteiger partial charge in [0.2, 0.25) is 0 Å². The summed E-state index contributed by atoms with van der Waals surface area (Å²) in [6, 6.07) is 7.47. The summed E-state index contributed by atoms with van der Waals surface area (Å²) in [7, 11) is 0. The van der Waals surface area contributed by atoms with Crippen LogP contribution in [0.2, 0.25) is 0 Å². The minimum atomic E-state index is -2.98. The van der Waals surface area contributed by atoms with Gasteiger partial charge < -0.3 is 15.5 Å². The largest absolute Gasteiger partial charge is 0.394 e. The van der Waals surface area contributed by atoms with Crippen LogP contribution in [0.3, 0.4) is 0 Å². The summed E-state index contributed by atoms with van der Waals surface area (Å²) in [5.41, 5.74) is -0.0685. The maximum Gasteiger partial charge on any atom is 0.285 e. The molecule has 0 aliphatic heterocycles. The quantitative estimate of drug-likeness (QED) is 0.676. The normalized spacial score (nSPS) is 13.8. The number of rotatable bonds is 6. The molecule has 1 unspecified atom stereocenters. The first kappa shape index (κ1) is 13.0. The van der Waals surface area contributed by atoms with Gasteiger partial charge in [0.25, 0.3) is 5.92 Å². The molecule has 0 heterocycles. The summed E-state index contributed by atoms with van der Waals surface area (Å²) >= 11 is 0. The van der Waals surface area contributed by atoms with Gasteiger partial charge in [-0.3, -0.25) is 0 Å². The van der Waals surface area contributed by atoms with Gasteiger partial charge in [0, 0.05) is 12.1 Å². The van der Waals surface area contributed by atoms with E-state index in [1.807, 2.05) is 0 Å². The van der Waals surface area contributed by atoms with Crippen LogP contribution in [-0.4, -0.2) is 36.0 Å². The lowest BCUT2D eigenvalue weighted by Gasteiger charge is -2.18. The Bertz CT molecular complexity index is 306. The van der Waals surface area contributed by atoms with Crippen LogP contribution < -0.4 is 5.32 Å². The molecule has 0 bridgehead atoms. The molecule has 1 rings (SSSR count). The summed E-state index contributed by atoms with van der Waals surface area (Å²) in [5, 5.41) is 19.9. The molecule has 1 atom stereocenters. The van der Waals surface area contributed by atoms with Crippen molar-refractivity contribution >= 4 is 0 Å². The average Bonchev–Trinajstić information content (AvgIpc) is 2.30. The maximum atomic E-state index is 13.5. The second kappa shape index (κ2) is 5.89. The van der Waals surface area contributed by atoms with Gasteiger partial charge in [0.15, 0.2) is 0 Å². The summed E-state index contributed by atoms with van der Waals surface area (Å²) in [4.78, 5) is 0. The number of halogens is 2. The molecule has 90 valence electrons. The highest BCUT2D eigenvalue weighted by molar-refractivity contribution is 5.20. The Kier molecular flexibility index (Phi) is 4.79. The summed E-state index contributed by atoms with van der Waals surface area (Å²) < 4.78 is 27.0. The molecule has 3 nitrogen and oxygen atoms in total. The highest BCUT2D eigenvalue weighted by Crippen LogP contribution is 2.26. The molecular formula is C11H15F2NO2. The van der Waals surface area contributed by atoms with Crippen LogP contribution in [0.1, 0.15) is 5.56 Å². The fourth-order valence-corrected chi connectivity index (χ4v) is 1.24. The lowest BCUT2D eigenvalue weighted by Crippen LogP contribution is -2.36. The standard InChI is InChI=1S/C11H15F2NO2/c12-11(13,8-14-6-10(16)7-15)9-4-2-1-3-5-9/h1-5,10,14-16H,6-8H2. The Morgan fingerprint density at radius 1 is 1.25 bits per heavy atom. The summed E-state index contributed by atoms with van der Waals surface area (Å²) in [5.74, 6) is -2.98. The van der Waals surface area contributed by atoms with Gasteiger partial charge in [0.05, 0.1) is 19.3 Å². The molecule has 1 aromatic rings. The van der Waals surface area contributed by atoms with Crippen LogP contribution in [0.4, 0.5) is 8.78 Å². The minimum absolute atomic E-state index is 0.0566. The molecule has 0 saturated carbocycles. The molecule has 0 radical (unpaired) electrons. The number of benzene rings is 1. The van der Waals surface area contributed by atoms with E-state index in [1.54, 1.807) is 18.2 Å². The van der Waals surface area contributed by atoms with Crippen LogP contribution in [0.5, 0.6) is 0 Å². The average molecular weight is 231 g/mol. The van der Waals surface area contributed by atoms with E-state index in [0.29, 0.717) is 0 Å². The van der Waals surface area contributed by atoms with Gasteiger partial charge in [-0.05, 0) is 0 Å². The van der Waals surface area contributed by atoms with E-state index < -0.39 is 25.2 Å². The first-order valence-corrected chi connectivity index (χ1v) is 4.99. The molecule has 0 amide bonds. The molecule has 0 fully saturated rings. The van der Waals surface area contributed by atoms with Crippen molar-refractivity contribution in [3.05, 3.63) is 35.9 Å². The van der Waals surface area contributed by atoms with Gasteiger partial charge in [-0.1, -0.05) is 30.3 Å². The Balaban J connectivity index is 2.46. The molecular weight excluding hydrogens is 216 g/mol. The van der Waals surface area contributed by atoms with Crippen molar-refractivity contribution in [1.29, 1.82) is 0 Å². The number of hydrogen-bond donors (Lipinski definition) is 3. The summed E-state index contributed by atoms with van der Waals surface area (Å²) in [6.45, 7) is -1.06.